The predicted molar refractivity (Wildman–Crippen MR) is 97.8 cm³/mol. The van der Waals surface area contributed by atoms with Gasteiger partial charge < -0.3 is 10.2 Å². The van der Waals surface area contributed by atoms with Crippen LogP contribution < -0.4 is 10.2 Å². The molecular formula is C17H15Cl3N2O2. The van der Waals surface area contributed by atoms with E-state index in [-0.39, 0.29) is 24.9 Å². The van der Waals surface area contributed by atoms with Gasteiger partial charge in [0.25, 0.3) is 0 Å². The van der Waals surface area contributed by atoms with Crippen molar-refractivity contribution in [2.75, 3.05) is 11.4 Å². The number of anilines is 1. The van der Waals surface area contributed by atoms with Gasteiger partial charge in [-0.25, -0.2) is 0 Å². The molecule has 0 saturated carbocycles. The monoisotopic (exact) mass is 384 g/mol. The van der Waals surface area contributed by atoms with E-state index in [9.17, 15) is 9.59 Å². The van der Waals surface area contributed by atoms with Crippen LogP contribution >= 0.6 is 34.8 Å². The van der Waals surface area contributed by atoms with Crippen LogP contribution in [0.2, 0.25) is 15.1 Å². The molecule has 0 spiro atoms. The van der Waals surface area contributed by atoms with E-state index in [2.05, 4.69) is 5.32 Å². The molecule has 4 nitrogen and oxygen atoms in total. The second kappa shape index (κ2) is 8.38. The van der Waals surface area contributed by atoms with E-state index >= 15 is 0 Å². The van der Waals surface area contributed by atoms with Crippen LogP contribution in [0.4, 0.5) is 5.69 Å². The van der Waals surface area contributed by atoms with E-state index in [0.29, 0.717) is 20.8 Å². The second-order valence-corrected chi connectivity index (χ2v) is 6.27. The minimum absolute atomic E-state index is 0.191. The summed E-state index contributed by atoms with van der Waals surface area (Å²) in [5.41, 5.74) is 1.11. The number of benzene rings is 2. The summed E-state index contributed by atoms with van der Waals surface area (Å²) in [5, 5.41) is 3.90. The third-order valence-electron chi connectivity index (χ3n) is 3.32. The van der Waals surface area contributed by atoms with Gasteiger partial charge in [0.1, 0.15) is 6.54 Å². The highest BCUT2D eigenvalue weighted by atomic mass is 35.5. The summed E-state index contributed by atoms with van der Waals surface area (Å²) in [7, 11) is 0. The molecule has 2 aromatic carbocycles. The zero-order valence-electron chi connectivity index (χ0n) is 12.9. The Morgan fingerprint density at radius 1 is 0.958 bits per heavy atom. The fourth-order valence-electron chi connectivity index (χ4n) is 2.13. The molecule has 0 aromatic heterocycles. The van der Waals surface area contributed by atoms with Crippen molar-refractivity contribution in [2.45, 2.75) is 13.5 Å². The van der Waals surface area contributed by atoms with Crippen LogP contribution in [-0.4, -0.2) is 18.4 Å². The Labute approximate surface area is 155 Å². The highest BCUT2D eigenvalue weighted by Crippen LogP contribution is 2.33. The summed E-state index contributed by atoms with van der Waals surface area (Å²) in [4.78, 5) is 25.4. The van der Waals surface area contributed by atoms with Crippen LogP contribution in [0.1, 0.15) is 12.5 Å². The Hall–Kier alpha value is -1.75. The van der Waals surface area contributed by atoms with E-state index in [1.807, 2.05) is 18.2 Å². The maximum Gasteiger partial charge on any atom is 0.240 e. The van der Waals surface area contributed by atoms with Gasteiger partial charge in [0.15, 0.2) is 0 Å². The Bertz CT molecular complexity index is 745. The van der Waals surface area contributed by atoms with Crippen molar-refractivity contribution < 1.29 is 9.59 Å². The van der Waals surface area contributed by atoms with E-state index < -0.39 is 0 Å². The minimum atomic E-state index is -0.346. The summed E-state index contributed by atoms with van der Waals surface area (Å²) in [6.07, 6.45) is 0. The normalized spacial score (nSPS) is 10.3. The van der Waals surface area contributed by atoms with Crippen LogP contribution in [0.3, 0.4) is 0 Å². The third-order valence-corrected chi connectivity index (χ3v) is 4.30. The van der Waals surface area contributed by atoms with Crippen molar-refractivity contribution in [1.82, 2.24) is 5.32 Å². The number of hydrogen-bond acceptors (Lipinski definition) is 2. The van der Waals surface area contributed by atoms with Crippen molar-refractivity contribution in [3.8, 4) is 0 Å². The Kier molecular flexibility index (Phi) is 6.49. The minimum Gasteiger partial charge on any atom is -0.350 e. The molecule has 0 aliphatic heterocycles. The molecule has 126 valence electrons. The molecule has 0 radical (unpaired) electrons. The summed E-state index contributed by atoms with van der Waals surface area (Å²) < 4.78 is 0. The van der Waals surface area contributed by atoms with Gasteiger partial charge >= 0.3 is 0 Å². The molecule has 2 rings (SSSR count). The molecule has 0 aliphatic carbocycles. The SMILES string of the molecule is CC(=O)N(CC(=O)NCc1ccccc1Cl)c1c(Cl)cccc1Cl. The lowest BCUT2D eigenvalue weighted by Gasteiger charge is -2.23. The zero-order valence-corrected chi connectivity index (χ0v) is 15.1. The average molecular weight is 386 g/mol. The highest BCUT2D eigenvalue weighted by molar-refractivity contribution is 6.40. The Balaban J connectivity index is 2.10. The highest BCUT2D eigenvalue weighted by Gasteiger charge is 2.20. The van der Waals surface area contributed by atoms with Crippen molar-refractivity contribution in [3.05, 3.63) is 63.1 Å². The Morgan fingerprint density at radius 3 is 2.12 bits per heavy atom. The van der Waals surface area contributed by atoms with E-state index in [4.69, 9.17) is 34.8 Å². The van der Waals surface area contributed by atoms with Crippen molar-refractivity contribution in [1.29, 1.82) is 0 Å². The smallest absolute Gasteiger partial charge is 0.240 e. The largest absolute Gasteiger partial charge is 0.350 e. The molecule has 7 heteroatoms. The first-order chi connectivity index (χ1) is 11.4. The van der Waals surface area contributed by atoms with Gasteiger partial charge in [-0.2, -0.15) is 0 Å². The zero-order chi connectivity index (χ0) is 17.7. The lowest BCUT2D eigenvalue weighted by molar-refractivity contribution is -0.123. The maximum atomic E-state index is 12.2. The van der Waals surface area contributed by atoms with E-state index in [1.165, 1.54) is 11.8 Å². The summed E-state index contributed by atoms with van der Waals surface area (Å²) >= 11 is 18.3. The fraction of sp³-hybridized carbons (Fsp3) is 0.176. The predicted octanol–water partition coefficient (Wildman–Crippen LogP) is 4.32. The molecule has 0 unspecified atom stereocenters. The van der Waals surface area contributed by atoms with Gasteiger partial charge in [-0.05, 0) is 23.8 Å². The second-order valence-electron chi connectivity index (χ2n) is 5.04. The van der Waals surface area contributed by atoms with Crippen LogP contribution in [0, 0.1) is 0 Å². The molecular weight excluding hydrogens is 371 g/mol. The van der Waals surface area contributed by atoms with Crippen molar-refractivity contribution in [3.63, 3.8) is 0 Å². The van der Waals surface area contributed by atoms with Gasteiger partial charge in [-0.3, -0.25) is 9.59 Å². The first-order valence-corrected chi connectivity index (χ1v) is 8.25. The summed E-state index contributed by atoms with van der Waals surface area (Å²) in [5.74, 6) is -0.681. The van der Waals surface area contributed by atoms with Gasteiger partial charge in [-0.1, -0.05) is 59.1 Å². The van der Waals surface area contributed by atoms with E-state index in [0.717, 1.165) is 5.56 Å². The Morgan fingerprint density at radius 2 is 1.54 bits per heavy atom. The van der Waals surface area contributed by atoms with Crippen LogP contribution in [0.15, 0.2) is 42.5 Å². The quantitative estimate of drug-likeness (QED) is 0.833. The number of para-hydroxylation sites is 1. The molecule has 0 bridgehead atoms. The number of nitrogens with zero attached hydrogens (tertiary/aromatic N) is 1. The fourth-order valence-corrected chi connectivity index (χ4v) is 2.93. The number of halogens is 3. The van der Waals surface area contributed by atoms with Gasteiger partial charge in [0.2, 0.25) is 11.8 Å². The van der Waals surface area contributed by atoms with E-state index in [1.54, 1.807) is 24.3 Å². The number of rotatable bonds is 5. The number of carbonyl (C=O) groups excluding carboxylic acids is 2. The lowest BCUT2D eigenvalue weighted by atomic mass is 10.2. The first kappa shape index (κ1) is 18.6. The van der Waals surface area contributed by atoms with Gasteiger partial charge in [0, 0.05) is 18.5 Å². The van der Waals surface area contributed by atoms with Crippen LogP contribution in [0.25, 0.3) is 0 Å². The maximum absolute atomic E-state index is 12.2. The van der Waals surface area contributed by atoms with Crippen LogP contribution in [0.5, 0.6) is 0 Å². The molecule has 1 N–H and O–H groups in total. The average Bonchev–Trinajstić information content (AvgIpc) is 2.52. The number of carbonyl (C=O) groups is 2. The molecule has 2 aromatic rings. The lowest BCUT2D eigenvalue weighted by Crippen LogP contribution is -2.40. The summed E-state index contributed by atoms with van der Waals surface area (Å²) in [6, 6.07) is 12.1. The molecule has 0 aliphatic rings. The van der Waals surface area contributed by atoms with Crippen LogP contribution in [-0.2, 0) is 16.1 Å². The molecule has 0 heterocycles. The van der Waals surface area contributed by atoms with Crippen molar-refractivity contribution in [2.24, 2.45) is 0 Å². The standard InChI is InChI=1S/C17H15Cl3N2O2/c1-11(23)22(17-14(19)7-4-8-15(17)20)10-16(24)21-9-12-5-2-3-6-13(12)18/h2-8H,9-10H2,1H3,(H,21,24). The number of amides is 2. The molecule has 0 saturated heterocycles. The first-order valence-electron chi connectivity index (χ1n) is 7.12. The molecule has 0 fully saturated rings. The topological polar surface area (TPSA) is 49.4 Å². The molecule has 24 heavy (non-hydrogen) atoms. The number of hydrogen-bond donors (Lipinski definition) is 1. The molecule has 0 atom stereocenters. The summed E-state index contributed by atoms with van der Waals surface area (Å²) in [6.45, 7) is 1.42. The van der Waals surface area contributed by atoms with Gasteiger partial charge in [0.05, 0.1) is 15.7 Å². The third kappa shape index (κ3) is 4.63. The molecule has 2 amide bonds. The number of nitrogens with one attached hydrogen (secondary N) is 1. The van der Waals surface area contributed by atoms with Crippen molar-refractivity contribution >= 4 is 52.3 Å². The van der Waals surface area contributed by atoms with Gasteiger partial charge in [-0.15, -0.1) is 0 Å².